The van der Waals surface area contributed by atoms with Crippen LogP contribution in [0.15, 0.2) is 59.5 Å². The Hall–Kier alpha value is -2.70. The molecular formula is C18H14Cl2N4O2. The molecule has 0 spiro atoms. The third kappa shape index (κ3) is 4.09. The first-order valence-corrected chi connectivity index (χ1v) is 8.48. The van der Waals surface area contributed by atoms with Crippen LogP contribution in [0.3, 0.4) is 0 Å². The van der Waals surface area contributed by atoms with E-state index >= 15 is 0 Å². The summed E-state index contributed by atoms with van der Waals surface area (Å²) >= 11 is 11.7. The van der Waals surface area contributed by atoms with Crippen molar-refractivity contribution in [1.29, 1.82) is 0 Å². The maximum absolute atomic E-state index is 12.4. The van der Waals surface area contributed by atoms with E-state index in [0.29, 0.717) is 27.0 Å². The number of hydrogen-bond donors (Lipinski definition) is 1. The summed E-state index contributed by atoms with van der Waals surface area (Å²) in [5.74, 6) is -0.386. The summed E-state index contributed by atoms with van der Waals surface area (Å²) in [7, 11) is 0. The van der Waals surface area contributed by atoms with Gasteiger partial charge in [0.25, 0.3) is 0 Å². The fourth-order valence-corrected chi connectivity index (χ4v) is 2.52. The molecule has 8 heteroatoms. The zero-order valence-electron chi connectivity index (χ0n) is 13.7. The third-order valence-electron chi connectivity index (χ3n) is 3.71. The van der Waals surface area contributed by atoms with Crippen LogP contribution in [0.5, 0.6) is 0 Å². The molecule has 0 aliphatic carbocycles. The van der Waals surface area contributed by atoms with Gasteiger partial charge in [0.1, 0.15) is 6.04 Å². The second kappa shape index (κ2) is 7.68. The van der Waals surface area contributed by atoms with Gasteiger partial charge in [-0.15, -0.1) is 0 Å². The molecule has 0 fully saturated rings. The lowest BCUT2D eigenvalue weighted by Gasteiger charge is -2.14. The van der Waals surface area contributed by atoms with Crippen LogP contribution >= 0.6 is 23.2 Å². The number of nitrogens with one attached hydrogen (secondary N) is 1. The molecule has 0 bridgehead atoms. The summed E-state index contributed by atoms with van der Waals surface area (Å²) in [5.41, 5.74) is 1.08. The molecule has 1 N–H and O–H groups in total. The summed E-state index contributed by atoms with van der Waals surface area (Å²) in [6, 6.07) is 12.7. The van der Waals surface area contributed by atoms with Gasteiger partial charge < -0.3 is 5.32 Å². The van der Waals surface area contributed by atoms with Crippen LogP contribution in [0.4, 0.5) is 5.69 Å². The van der Waals surface area contributed by atoms with Crippen LogP contribution in [0.2, 0.25) is 10.0 Å². The Morgan fingerprint density at radius 2 is 1.62 bits per heavy atom. The fraction of sp³-hybridized carbons (Fsp3) is 0.111. The minimum absolute atomic E-state index is 0.386. The molecule has 1 atom stereocenters. The summed E-state index contributed by atoms with van der Waals surface area (Å²) in [6.07, 6.45) is 1.44. The highest BCUT2D eigenvalue weighted by atomic mass is 35.5. The number of amides is 1. The maximum Gasteiger partial charge on any atom is 0.365 e. The van der Waals surface area contributed by atoms with Gasteiger partial charge in [-0.2, -0.15) is 10.1 Å². The summed E-state index contributed by atoms with van der Waals surface area (Å²) in [6.45, 7) is 1.57. The molecule has 1 aromatic heterocycles. The van der Waals surface area contributed by atoms with Crippen molar-refractivity contribution in [3.63, 3.8) is 0 Å². The maximum atomic E-state index is 12.4. The zero-order valence-corrected chi connectivity index (χ0v) is 15.2. The Balaban J connectivity index is 1.79. The largest absolute Gasteiger partial charge is 0.365 e. The van der Waals surface area contributed by atoms with E-state index in [2.05, 4.69) is 15.4 Å². The van der Waals surface area contributed by atoms with Crippen LogP contribution in [-0.2, 0) is 4.79 Å². The average molecular weight is 389 g/mol. The topological polar surface area (TPSA) is 76.9 Å². The number of hydrogen-bond acceptors (Lipinski definition) is 4. The lowest BCUT2D eigenvalue weighted by Crippen LogP contribution is -2.34. The lowest BCUT2D eigenvalue weighted by molar-refractivity contribution is -0.119. The predicted octanol–water partition coefficient (Wildman–Crippen LogP) is 3.81. The molecule has 1 heterocycles. The van der Waals surface area contributed by atoms with Crippen molar-refractivity contribution in [3.8, 4) is 11.3 Å². The van der Waals surface area contributed by atoms with Gasteiger partial charge >= 0.3 is 5.69 Å². The summed E-state index contributed by atoms with van der Waals surface area (Å²) < 4.78 is 1.03. The molecule has 2 aromatic carbocycles. The first-order chi connectivity index (χ1) is 12.4. The number of nitrogens with zero attached hydrogens (tertiary/aromatic N) is 3. The fourth-order valence-electron chi connectivity index (χ4n) is 2.27. The van der Waals surface area contributed by atoms with E-state index in [-0.39, 0.29) is 5.91 Å². The van der Waals surface area contributed by atoms with Crippen molar-refractivity contribution in [1.82, 2.24) is 14.8 Å². The molecule has 0 saturated carbocycles. The quantitative estimate of drug-likeness (QED) is 0.736. The first-order valence-electron chi connectivity index (χ1n) is 7.72. The van der Waals surface area contributed by atoms with Crippen molar-refractivity contribution < 1.29 is 4.79 Å². The second-order valence-corrected chi connectivity index (χ2v) is 6.42. The molecule has 0 saturated heterocycles. The summed E-state index contributed by atoms with van der Waals surface area (Å²) in [4.78, 5) is 28.6. The van der Waals surface area contributed by atoms with Gasteiger partial charge in [-0.3, -0.25) is 4.79 Å². The number of aromatic nitrogens is 3. The van der Waals surface area contributed by atoms with Crippen molar-refractivity contribution in [3.05, 3.63) is 75.3 Å². The Kier molecular flexibility index (Phi) is 5.35. The lowest BCUT2D eigenvalue weighted by atomic mass is 10.2. The van der Waals surface area contributed by atoms with E-state index in [1.165, 1.54) is 6.20 Å². The van der Waals surface area contributed by atoms with E-state index < -0.39 is 11.7 Å². The molecule has 1 amide bonds. The number of carbonyl (C=O) groups is 1. The number of benzene rings is 2. The average Bonchev–Trinajstić information content (AvgIpc) is 2.63. The number of halogens is 2. The molecule has 0 aliphatic rings. The van der Waals surface area contributed by atoms with Crippen molar-refractivity contribution in [2.24, 2.45) is 0 Å². The van der Waals surface area contributed by atoms with Crippen LogP contribution in [0.25, 0.3) is 11.3 Å². The molecule has 3 aromatic rings. The Morgan fingerprint density at radius 1 is 1.04 bits per heavy atom. The highest BCUT2D eigenvalue weighted by Crippen LogP contribution is 2.18. The van der Waals surface area contributed by atoms with E-state index in [4.69, 9.17) is 23.2 Å². The number of rotatable bonds is 4. The highest BCUT2D eigenvalue weighted by molar-refractivity contribution is 6.30. The van der Waals surface area contributed by atoms with Crippen molar-refractivity contribution in [2.45, 2.75) is 13.0 Å². The standard InChI is InChI=1S/C18H14Cl2N4O2/c1-11(17(25)22-15-8-6-14(20)7-9-15)24-18(26)23-16(10-21-24)12-2-4-13(19)5-3-12/h2-11H,1H3,(H,22,25)/t11-/m1/s1. The van der Waals surface area contributed by atoms with Gasteiger partial charge in [-0.25, -0.2) is 9.48 Å². The Morgan fingerprint density at radius 3 is 2.19 bits per heavy atom. The minimum Gasteiger partial charge on any atom is -0.324 e. The van der Waals surface area contributed by atoms with Gasteiger partial charge in [-0.1, -0.05) is 35.3 Å². The van der Waals surface area contributed by atoms with Crippen molar-refractivity contribution >= 4 is 34.8 Å². The summed E-state index contributed by atoms with van der Waals surface area (Å²) in [5, 5.41) is 7.94. The first kappa shape index (κ1) is 18.1. The van der Waals surface area contributed by atoms with E-state index in [1.807, 2.05) is 0 Å². The van der Waals surface area contributed by atoms with Gasteiger partial charge in [0, 0.05) is 21.3 Å². The Bertz CT molecular complexity index is 985. The predicted molar refractivity (Wildman–Crippen MR) is 102 cm³/mol. The van der Waals surface area contributed by atoms with Gasteiger partial charge in [0.2, 0.25) is 5.91 Å². The van der Waals surface area contributed by atoms with Gasteiger partial charge in [0.15, 0.2) is 0 Å². The van der Waals surface area contributed by atoms with Crippen LogP contribution in [0, 0.1) is 0 Å². The van der Waals surface area contributed by atoms with Crippen molar-refractivity contribution in [2.75, 3.05) is 5.32 Å². The van der Waals surface area contributed by atoms with E-state index in [9.17, 15) is 9.59 Å². The van der Waals surface area contributed by atoms with Gasteiger partial charge in [0.05, 0.1) is 11.9 Å². The normalized spacial score (nSPS) is 11.8. The number of carbonyl (C=O) groups excluding carboxylic acids is 1. The minimum atomic E-state index is -0.829. The zero-order chi connectivity index (χ0) is 18.7. The van der Waals surface area contributed by atoms with Gasteiger partial charge in [-0.05, 0) is 43.3 Å². The van der Waals surface area contributed by atoms with E-state index in [1.54, 1.807) is 55.5 Å². The molecule has 6 nitrogen and oxygen atoms in total. The Labute approximate surface area is 159 Å². The highest BCUT2D eigenvalue weighted by Gasteiger charge is 2.18. The smallest absolute Gasteiger partial charge is 0.324 e. The molecule has 0 radical (unpaired) electrons. The third-order valence-corrected chi connectivity index (χ3v) is 4.22. The molecule has 0 unspecified atom stereocenters. The van der Waals surface area contributed by atoms with Crippen LogP contribution in [0.1, 0.15) is 13.0 Å². The molecule has 26 heavy (non-hydrogen) atoms. The second-order valence-electron chi connectivity index (χ2n) is 5.55. The van der Waals surface area contributed by atoms with E-state index in [0.717, 1.165) is 4.68 Å². The molecule has 3 rings (SSSR count). The SMILES string of the molecule is C[C@H](C(=O)Nc1ccc(Cl)cc1)n1ncc(-c2ccc(Cl)cc2)nc1=O. The van der Waals surface area contributed by atoms with Crippen LogP contribution in [-0.4, -0.2) is 20.7 Å². The van der Waals surface area contributed by atoms with Crippen LogP contribution < -0.4 is 11.0 Å². The molecular weight excluding hydrogens is 375 g/mol. The number of anilines is 1. The monoisotopic (exact) mass is 388 g/mol. The molecule has 132 valence electrons. The molecule has 0 aliphatic heterocycles.